The summed E-state index contributed by atoms with van der Waals surface area (Å²) in [7, 11) is 0. The van der Waals surface area contributed by atoms with E-state index in [1.54, 1.807) is 10.9 Å². The van der Waals surface area contributed by atoms with Crippen LogP contribution in [-0.4, -0.2) is 56.6 Å². The molecule has 2 aromatic heterocycles. The molecule has 0 aliphatic carbocycles. The average Bonchev–Trinajstić information content (AvgIpc) is 3.01. The zero-order chi connectivity index (χ0) is 16.2. The van der Waals surface area contributed by atoms with Gasteiger partial charge in [-0.25, -0.2) is 0 Å². The van der Waals surface area contributed by atoms with E-state index >= 15 is 0 Å². The number of hydrogen-bond acceptors (Lipinski definition) is 7. The van der Waals surface area contributed by atoms with Crippen LogP contribution in [0, 0.1) is 0 Å². The highest BCUT2D eigenvalue weighted by atomic mass is 15.6. The predicted molar refractivity (Wildman–Crippen MR) is 90.2 cm³/mol. The smallest absolute Gasteiger partial charge is 0.250 e. The first kappa shape index (κ1) is 14.6. The number of para-hydroxylation sites is 1. The Balaban J connectivity index is 1.54. The molecule has 8 heteroatoms. The maximum absolute atomic E-state index is 4.24. The molecule has 1 saturated heterocycles. The second-order valence-electron chi connectivity index (χ2n) is 5.64. The number of rotatable bonds is 3. The Morgan fingerprint density at radius 2 is 1.62 bits per heavy atom. The molecule has 3 heterocycles. The minimum atomic E-state index is 0.780. The van der Waals surface area contributed by atoms with Gasteiger partial charge in [0.05, 0.1) is 5.69 Å². The van der Waals surface area contributed by atoms with Crippen LogP contribution < -0.4 is 9.80 Å². The van der Waals surface area contributed by atoms with Crippen molar-refractivity contribution in [2.75, 3.05) is 36.0 Å². The summed E-state index contributed by atoms with van der Waals surface area (Å²) in [5, 5.41) is 20.4. The molecule has 8 nitrogen and oxygen atoms in total. The fraction of sp³-hybridized carbons (Fsp3) is 0.312. The number of aromatic nitrogens is 6. The van der Waals surface area contributed by atoms with E-state index in [9.17, 15) is 0 Å². The first-order valence-electron chi connectivity index (χ1n) is 8.03. The monoisotopic (exact) mass is 322 g/mol. The molecule has 1 aromatic carbocycles. The fourth-order valence-corrected chi connectivity index (χ4v) is 2.92. The molecule has 1 fully saturated rings. The minimum Gasteiger partial charge on any atom is -0.353 e. The third kappa shape index (κ3) is 2.90. The van der Waals surface area contributed by atoms with Gasteiger partial charge >= 0.3 is 0 Å². The summed E-state index contributed by atoms with van der Waals surface area (Å²) in [5.41, 5.74) is 0.965. The van der Waals surface area contributed by atoms with Crippen LogP contribution in [0.15, 0.2) is 48.7 Å². The van der Waals surface area contributed by atoms with E-state index in [0.717, 1.165) is 50.1 Å². The van der Waals surface area contributed by atoms with E-state index < -0.39 is 0 Å². The average molecular weight is 322 g/mol. The standard InChI is InChI=1S/C16H18N8/c1-2-6-14(7-3-1)24-16(19-20-21-24)23-11-5-10-22(12-13-23)15-8-4-9-17-18-15/h1-4,6-9H,5,10-13H2. The van der Waals surface area contributed by atoms with Crippen molar-refractivity contribution in [3.8, 4) is 5.69 Å². The van der Waals surface area contributed by atoms with E-state index in [1.165, 1.54) is 0 Å². The van der Waals surface area contributed by atoms with Crippen molar-refractivity contribution in [1.82, 2.24) is 30.4 Å². The zero-order valence-electron chi connectivity index (χ0n) is 13.2. The van der Waals surface area contributed by atoms with E-state index in [2.05, 4.69) is 35.5 Å². The zero-order valence-corrected chi connectivity index (χ0v) is 13.2. The predicted octanol–water partition coefficient (Wildman–Crippen LogP) is 1.17. The number of benzene rings is 1. The highest BCUT2D eigenvalue weighted by Gasteiger charge is 2.21. The molecular weight excluding hydrogens is 304 g/mol. The van der Waals surface area contributed by atoms with Gasteiger partial charge in [-0.2, -0.15) is 9.78 Å². The van der Waals surface area contributed by atoms with Crippen molar-refractivity contribution in [3.05, 3.63) is 48.7 Å². The van der Waals surface area contributed by atoms with Gasteiger partial charge < -0.3 is 9.80 Å². The van der Waals surface area contributed by atoms with Gasteiger partial charge in [0, 0.05) is 32.4 Å². The normalized spacial score (nSPS) is 15.3. The number of nitrogens with zero attached hydrogens (tertiary/aromatic N) is 8. The first-order valence-corrected chi connectivity index (χ1v) is 8.03. The van der Waals surface area contributed by atoms with Crippen LogP contribution in [0.1, 0.15) is 6.42 Å². The van der Waals surface area contributed by atoms with Gasteiger partial charge in [0.25, 0.3) is 0 Å². The summed E-state index contributed by atoms with van der Waals surface area (Å²) in [6.45, 7) is 3.55. The topological polar surface area (TPSA) is 75.9 Å². The van der Waals surface area contributed by atoms with Crippen molar-refractivity contribution in [2.24, 2.45) is 0 Å². The van der Waals surface area contributed by atoms with E-state index in [1.807, 2.05) is 42.5 Å². The maximum atomic E-state index is 4.24. The first-order chi connectivity index (χ1) is 11.9. The molecule has 0 bridgehead atoms. The molecular formula is C16H18N8. The lowest BCUT2D eigenvalue weighted by molar-refractivity contribution is 0.743. The molecule has 0 spiro atoms. The second kappa shape index (κ2) is 6.61. The number of hydrogen-bond donors (Lipinski definition) is 0. The molecule has 4 rings (SSSR count). The third-order valence-electron chi connectivity index (χ3n) is 4.11. The van der Waals surface area contributed by atoms with Gasteiger partial charge in [-0.1, -0.05) is 23.3 Å². The third-order valence-corrected chi connectivity index (χ3v) is 4.11. The van der Waals surface area contributed by atoms with Crippen LogP contribution in [0.5, 0.6) is 0 Å². The summed E-state index contributed by atoms with van der Waals surface area (Å²) in [5.74, 6) is 1.70. The van der Waals surface area contributed by atoms with Crippen LogP contribution in [-0.2, 0) is 0 Å². The molecule has 0 N–H and O–H groups in total. The summed E-state index contributed by atoms with van der Waals surface area (Å²) in [4.78, 5) is 4.48. The largest absolute Gasteiger partial charge is 0.353 e. The van der Waals surface area contributed by atoms with E-state index in [-0.39, 0.29) is 0 Å². The van der Waals surface area contributed by atoms with Crippen molar-refractivity contribution in [1.29, 1.82) is 0 Å². The molecule has 3 aromatic rings. The second-order valence-corrected chi connectivity index (χ2v) is 5.64. The van der Waals surface area contributed by atoms with Crippen molar-refractivity contribution >= 4 is 11.8 Å². The summed E-state index contributed by atoms with van der Waals surface area (Å²) >= 11 is 0. The van der Waals surface area contributed by atoms with E-state index in [0.29, 0.717) is 0 Å². The maximum Gasteiger partial charge on any atom is 0.250 e. The number of tetrazole rings is 1. The quantitative estimate of drug-likeness (QED) is 0.716. The Hall–Kier alpha value is -3.03. The van der Waals surface area contributed by atoms with Gasteiger partial charge in [-0.15, -0.1) is 5.10 Å². The number of anilines is 2. The highest BCUT2D eigenvalue weighted by Crippen LogP contribution is 2.18. The molecule has 0 saturated carbocycles. The Kier molecular flexibility index (Phi) is 4.01. The molecule has 1 aliphatic heterocycles. The summed E-state index contributed by atoms with van der Waals surface area (Å²) in [6.07, 6.45) is 2.71. The molecule has 122 valence electrons. The van der Waals surface area contributed by atoms with Crippen molar-refractivity contribution in [3.63, 3.8) is 0 Å². The van der Waals surface area contributed by atoms with Crippen LogP contribution >= 0.6 is 0 Å². The van der Waals surface area contributed by atoms with Crippen LogP contribution in [0.4, 0.5) is 11.8 Å². The lowest BCUT2D eigenvalue weighted by Gasteiger charge is -2.22. The van der Waals surface area contributed by atoms with E-state index in [4.69, 9.17) is 0 Å². The van der Waals surface area contributed by atoms with Crippen LogP contribution in [0.2, 0.25) is 0 Å². The Bertz CT molecular complexity index is 773. The van der Waals surface area contributed by atoms with Crippen molar-refractivity contribution < 1.29 is 0 Å². The molecule has 0 unspecified atom stereocenters. The Morgan fingerprint density at radius 3 is 2.46 bits per heavy atom. The van der Waals surface area contributed by atoms with Gasteiger partial charge in [0.15, 0.2) is 5.82 Å². The van der Waals surface area contributed by atoms with Gasteiger partial charge in [-0.05, 0) is 41.1 Å². The van der Waals surface area contributed by atoms with Gasteiger partial charge in [0.1, 0.15) is 0 Å². The van der Waals surface area contributed by atoms with Gasteiger partial charge in [0.2, 0.25) is 5.95 Å². The Morgan fingerprint density at radius 1 is 0.792 bits per heavy atom. The molecule has 1 aliphatic rings. The molecule has 24 heavy (non-hydrogen) atoms. The summed E-state index contributed by atoms with van der Waals surface area (Å²) in [6, 6.07) is 13.9. The summed E-state index contributed by atoms with van der Waals surface area (Å²) < 4.78 is 1.79. The van der Waals surface area contributed by atoms with Crippen LogP contribution in [0.3, 0.4) is 0 Å². The lowest BCUT2D eigenvalue weighted by Crippen LogP contribution is -2.32. The SMILES string of the molecule is c1ccc(-n2nnnc2N2CCCN(c3cccnn3)CC2)cc1. The molecule has 0 radical (unpaired) electrons. The molecule has 0 atom stereocenters. The minimum absolute atomic E-state index is 0.780. The fourth-order valence-electron chi connectivity index (χ4n) is 2.92. The molecule has 0 amide bonds. The Labute approximate surface area is 139 Å². The highest BCUT2D eigenvalue weighted by molar-refractivity contribution is 5.42. The van der Waals surface area contributed by atoms with Gasteiger partial charge in [-0.3, -0.25) is 0 Å². The lowest BCUT2D eigenvalue weighted by atomic mass is 10.3. The van der Waals surface area contributed by atoms with Crippen LogP contribution in [0.25, 0.3) is 5.69 Å². The van der Waals surface area contributed by atoms with Crippen molar-refractivity contribution in [2.45, 2.75) is 6.42 Å².